The van der Waals surface area contributed by atoms with Crippen molar-refractivity contribution in [1.29, 1.82) is 0 Å². The van der Waals surface area contributed by atoms with Crippen molar-refractivity contribution in [2.45, 2.75) is 20.0 Å². The van der Waals surface area contributed by atoms with E-state index in [0.29, 0.717) is 6.54 Å². The molecule has 84 valence electrons. The van der Waals surface area contributed by atoms with Crippen LogP contribution in [0.3, 0.4) is 0 Å². The van der Waals surface area contributed by atoms with Gasteiger partial charge in [0.25, 0.3) is 0 Å². The zero-order valence-electron chi connectivity index (χ0n) is 8.85. The fraction of sp³-hybridized carbons (Fsp3) is 0.455. The predicted molar refractivity (Wildman–Crippen MR) is 68.8 cm³/mol. The van der Waals surface area contributed by atoms with Gasteiger partial charge >= 0.3 is 0 Å². The highest BCUT2D eigenvalue weighted by atomic mass is 79.9. The lowest BCUT2D eigenvalue weighted by Gasteiger charge is -2.14. The van der Waals surface area contributed by atoms with E-state index in [1.54, 1.807) is 0 Å². The minimum atomic E-state index is -0.509. The average Bonchev–Trinajstić information content (AvgIpc) is 2.20. The zero-order valence-corrected chi connectivity index (χ0v) is 11.2. The molecule has 2 N–H and O–H groups in total. The Balaban J connectivity index is 2.76. The third-order valence-electron chi connectivity index (χ3n) is 2.34. The molecule has 0 aliphatic carbocycles. The Morgan fingerprint density at radius 1 is 1.47 bits per heavy atom. The molecule has 0 amide bonds. The van der Waals surface area contributed by atoms with Crippen LogP contribution in [0, 0.1) is 13.8 Å². The van der Waals surface area contributed by atoms with Crippen molar-refractivity contribution < 1.29 is 5.11 Å². The van der Waals surface area contributed by atoms with Gasteiger partial charge in [0.1, 0.15) is 0 Å². The Labute approximate surface area is 104 Å². The predicted octanol–water partition coefficient (Wildman–Crippen LogP) is 3.08. The molecule has 0 aromatic heterocycles. The van der Waals surface area contributed by atoms with Gasteiger partial charge in [-0.1, -0.05) is 15.9 Å². The van der Waals surface area contributed by atoms with Crippen LogP contribution in [0.15, 0.2) is 16.6 Å². The highest BCUT2D eigenvalue weighted by Crippen LogP contribution is 2.24. The second kappa shape index (κ2) is 5.73. The molecule has 0 spiro atoms. The largest absolute Gasteiger partial charge is 0.390 e. The van der Waals surface area contributed by atoms with E-state index in [1.807, 2.05) is 6.07 Å². The first-order valence-electron chi connectivity index (χ1n) is 4.79. The molecular formula is C11H15BrClNO. The summed E-state index contributed by atoms with van der Waals surface area (Å²) in [6.07, 6.45) is -0.509. The molecule has 0 radical (unpaired) electrons. The van der Waals surface area contributed by atoms with Gasteiger partial charge in [-0.15, -0.1) is 11.6 Å². The van der Waals surface area contributed by atoms with Gasteiger partial charge in [0.15, 0.2) is 0 Å². The van der Waals surface area contributed by atoms with Gasteiger partial charge in [-0.2, -0.15) is 0 Å². The van der Waals surface area contributed by atoms with Crippen molar-refractivity contribution in [3.8, 4) is 0 Å². The van der Waals surface area contributed by atoms with Crippen LogP contribution >= 0.6 is 27.5 Å². The summed E-state index contributed by atoms with van der Waals surface area (Å²) < 4.78 is 1.04. The number of hydrogen-bond donors (Lipinski definition) is 2. The lowest BCUT2D eigenvalue weighted by atomic mass is 10.1. The molecule has 0 heterocycles. The van der Waals surface area contributed by atoms with Crippen LogP contribution in [-0.2, 0) is 0 Å². The Morgan fingerprint density at radius 2 is 2.13 bits per heavy atom. The van der Waals surface area contributed by atoms with Crippen LogP contribution < -0.4 is 5.32 Å². The third-order valence-corrected chi connectivity index (χ3v) is 3.15. The lowest BCUT2D eigenvalue weighted by Crippen LogP contribution is -2.21. The number of aliphatic hydroxyl groups is 1. The second-order valence-corrected chi connectivity index (χ2v) is 4.81. The number of alkyl halides is 1. The maximum Gasteiger partial charge on any atom is 0.0847 e. The lowest BCUT2D eigenvalue weighted by molar-refractivity contribution is 0.211. The molecule has 0 bridgehead atoms. The van der Waals surface area contributed by atoms with Gasteiger partial charge in [-0.25, -0.2) is 0 Å². The number of aliphatic hydroxyl groups excluding tert-OH is 1. The first-order chi connectivity index (χ1) is 7.04. The van der Waals surface area contributed by atoms with Gasteiger partial charge in [-0.3, -0.25) is 0 Å². The van der Waals surface area contributed by atoms with E-state index in [9.17, 15) is 5.11 Å². The van der Waals surface area contributed by atoms with Crippen molar-refractivity contribution >= 4 is 33.2 Å². The number of rotatable bonds is 4. The van der Waals surface area contributed by atoms with Crippen LogP contribution in [0.1, 0.15) is 11.1 Å². The first-order valence-corrected chi connectivity index (χ1v) is 6.12. The van der Waals surface area contributed by atoms with E-state index in [4.69, 9.17) is 11.6 Å². The van der Waals surface area contributed by atoms with Gasteiger partial charge in [-0.05, 0) is 37.1 Å². The van der Waals surface area contributed by atoms with E-state index >= 15 is 0 Å². The molecule has 0 aliphatic rings. The number of benzene rings is 1. The van der Waals surface area contributed by atoms with E-state index < -0.39 is 6.10 Å². The van der Waals surface area contributed by atoms with Gasteiger partial charge in [0.2, 0.25) is 0 Å². The van der Waals surface area contributed by atoms with E-state index in [1.165, 1.54) is 11.1 Å². The number of anilines is 1. The second-order valence-electron chi connectivity index (χ2n) is 3.58. The smallest absolute Gasteiger partial charge is 0.0847 e. The quantitative estimate of drug-likeness (QED) is 0.836. The molecular weight excluding hydrogens is 277 g/mol. The highest BCUT2D eigenvalue weighted by molar-refractivity contribution is 9.10. The SMILES string of the molecule is Cc1cc(Br)cc(NCC(O)CCl)c1C. The molecule has 1 aromatic carbocycles. The average molecular weight is 293 g/mol. The summed E-state index contributed by atoms with van der Waals surface area (Å²) in [6, 6.07) is 4.07. The number of aryl methyl sites for hydroxylation is 1. The monoisotopic (exact) mass is 291 g/mol. The summed E-state index contributed by atoms with van der Waals surface area (Å²) in [5, 5.41) is 12.5. The molecule has 1 aromatic rings. The van der Waals surface area contributed by atoms with Crippen LogP contribution in [0.4, 0.5) is 5.69 Å². The van der Waals surface area contributed by atoms with E-state index in [2.05, 4.69) is 41.2 Å². The van der Waals surface area contributed by atoms with Crippen molar-refractivity contribution in [2.24, 2.45) is 0 Å². The third kappa shape index (κ3) is 3.67. The fourth-order valence-corrected chi connectivity index (χ4v) is 1.96. The molecule has 4 heteroatoms. The van der Waals surface area contributed by atoms with Gasteiger partial charge in [0.05, 0.1) is 12.0 Å². The van der Waals surface area contributed by atoms with Gasteiger partial charge in [0, 0.05) is 16.7 Å². The maximum atomic E-state index is 9.34. The summed E-state index contributed by atoms with van der Waals surface area (Å²) in [7, 11) is 0. The molecule has 0 saturated heterocycles. The molecule has 2 nitrogen and oxygen atoms in total. The summed E-state index contributed by atoms with van der Waals surface area (Å²) in [6.45, 7) is 4.58. The fourth-order valence-electron chi connectivity index (χ4n) is 1.28. The molecule has 1 atom stereocenters. The zero-order chi connectivity index (χ0) is 11.4. The Bertz CT molecular complexity index is 344. The van der Waals surface area contributed by atoms with Crippen molar-refractivity contribution in [2.75, 3.05) is 17.7 Å². The summed E-state index contributed by atoms with van der Waals surface area (Å²) in [5.74, 6) is 0.249. The molecule has 0 fully saturated rings. The van der Waals surface area contributed by atoms with Crippen molar-refractivity contribution in [3.05, 3.63) is 27.7 Å². The van der Waals surface area contributed by atoms with Crippen LogP contribution in [-0.4, -0.2) is 23.6 Å². The molecule has 1 unspecified atom stereocenters. The van der Waals surface area contributed by atoms with Crippen LogP contribution in [0.25, 0.3) is 0 Å². The Morgan fingerprint density at radius 3 is 2.73 bits per heavy atom. The summed E-state index contributed by atoms with van der Waals surface area (Å²) >= 11 is 8.96. The Hall–Kier alpha value is -0.250. The standard InChI is InChI=1S/C11H15BrClNO/c1-7-3-9(12)4-11(8(7)2)14-6-10(15)5-13/h3-4,10,14-15H,5-6H2,1-2H3. The van der Waals surface area contributed by atoms with E-state index in [-0.39, 0.29) is 5.88 Å². The minimum absolute atomic E-state index is 0.249. The maximum absolute atomic E-state index is 9.34. The Kier molecular flexibility index (Phi) is 4.90. The van der Waals surface area contributed by atoms with Crippen molar-refractivity contribution in [3.63, 3.8) is 0 Å². The molecule has 1 rings (SSSR count). The first kappa shape index (κ1) is 12.8. The number of nitrogens with one attached hydrogen (secondary N) is 1. The number of hydrogen-bond acceptors (Lipinski definition) is 2. The van der Waals surface area contributed by atoms with E-state index in [0.717, 1.165) is 10.2 Å². The van der Waals surface area contributed by atoms with Gasteiger partial charge < -0.3 is 10.4 Å². The molecule has 0 saturated carbocycles. The summed E-state index contributed by atoms with van der Waals surface area (Å²) in [5.41, 5.74) is 3.44. The van der Waals surface area contributed by atoms with Crippen LogP contribution in [0.2, 0.25) is 0 Å². The minimum Gasteiger partial charge on any atom is -0.390 e. The highest BCUT2D eigenvalue weighted by Gasteiger charge is 2.05. The molecule has 0 aliphatic heterocycles. The number of halogens is 2. The van der Waals surface area contributed by atoms with Crippen molar-refractivity contribution in [1.82, 2.24) is 0 Å². The normalized spacial score (nSPS) is 12.6. The molecule has 15 heavy (non-hydrogen) atoms. The summed E-state index contributed by atoms with van der Waals surface area (Å²) in [4.78, 5) is 0. The topological polar surface area (TPSA) is 32.3 Å². The van der Waals surface area contributed by atoms with Crippen LogP contribution in [0.5, 0.6) is 0 Å².